The van der Waals surface area contributed by atoms with Crippen LogP contribution in [0.15, 0.2) is 0 Å². The molecule has 0 spiro atoms. The molecule has 0 fully saturated rings. The van der Waals surface area contributed by atoms with Crippen LogP contribution in [0.2, 0.25) is 0 Å². The minimum Gasteiger partial charge on any atom is -0.212 e. The summed E-state index contributed by atoms with van der Waals surface area (Å²) in [6.45, 7) is 1.25. The first kappa shape index (κ1) is 34.0. The Hall–Kier alpha value is -0.950. The zero-order chi connectivity index (χ0) is 28.9. The number of hydrogen-bond acceptors (Lipinski definition) is 2. The first-order valence-corrected chi connectivity index (χ1v) is 10.9. The van der Waals surface area contributed by atoms with Gasteiger partial charge in [0.25, 0.3) is 0 Å². The highest BCUT2D eigenvalue weighted by atomic mass is 35.7. The van der Waals surface area contributed by atoms with Gasteiger partial charge in [-0.3, -0.25) is 0 Å². The van der Waals surface area contributed by atoms with Gasteiger partial charge in [-0.2, -0.15) is 74.6 Å². The lowest BCUT2D eigenvalue weighted by atomic mass is 9.87. The second-order valence-electron chi connectivity index (χ2n) is 7.09. The second-order valence-corrected chi connectivity index (χ2v) is 10.0. The zero-order valence-electron chi connectivity index (χ0n) is 16.4. The fourth-order valence-corrected chi connectivity index (χ4v) is 3.70. The van der Waals surface area contributed by atoms with Crippen molar-refractivity contribution in [1.29, 1.82) is 0 Å². The van der Waals surface area contributed by atoms with Gasteiger partial charge >= 0.3 is 47.6 Å². The molecular formula is C14H12ClF17O2S. The number of hydrogen-bond donors (Lipinski definition) is 0. The van der Waals surface area contributed by atoms with Crippen LogP contribution in [0, 0.1) is 0 Å². The van der Waals surface area contributed by atoms with E-state index in [1.165, 1.54) is 6.92 Å². The summed E-state index contributed by atoms with van der Waals surface area (Å²) in [5.74, 6) is -57.5. The molecular weight excluding hydrogens is 591 g/mol. The summed E-state index contributed by atoms with van der Waals surface area (Å²) in [6.07, 6.45) is -12.5. The minimum absolute atomic E-state index is 0.0756. The van der Waals surface area contributed by atoms with Crippen molar-refractivity contribution in [3.63, 3.8) is 0 Å². The predicted octanol–water partition coefficient (Wildman–Crippen LogP) is 7.51. The molecule has 0 saturated carbocycles. The second kappa shape index (κ2) is 9.41. The van der Waals surface area contributed by atoms with Gasteiger partial charge in [-0.1, -0.05) is 19.8 Å². The fraction of sp³-hybridized carbons (Fsp3) is 1.00. The Balaban J connectivity index is 6.73. The maximum absolute atomic E-state index is 13.9. The van der Waals surface area contributed by atoms with Crippen LogP contribution in [0.25, 0.3) is 0 Å². The van der Waals surface area contributed by atoms with Crippen molar-refractivity contribution in [2.24, 2.45) is 0 Å². The zero-order valence-corrected chi connectivity index (χ0v) is 18.0. The SMILES string of the molecule is CCCCC(CC(F)(F)C(F)(F)C(F)(F)C(F)(F)C(F)(F)C(F)(F)C(F)(F)C(F)(F)F)S(=O)(=O)Cl. The topological polar surface area (TPSA) is 34.1 Å². The molecule has 2 nitrogen and oxygen atoms in total. The normalized spacial score (nSPS) is 17.0. The molecule has 0 aliphatic heterocycles. The molecule has 0 saturated heterocycles. The first-order chi connectivity index (χ1) is 14.9. The van der Waals surface area contributed by atoms with Gasteiger partial charge in [0, 0.05) is 17.1 Å². The lowest BCUT2D eigenvalue weighted by molar-refractivity contribution is -0.461. The fourth-order valence-electron chi connectivity index (χ4n) is 2.38. The molecule has 0 aromatic carbocycles. The molecule has 1 unspecified atom stereocenters. The van der Waals surface area contributed by atoms with E-state index >= 15 is 0 Å². The maximum Gasteiger partial charge on any atom is 0.460 e. The third-order valence-corrected chi connectivity index (χ3v) is 6.50. The Morgan fingerprint density at radius 2 is 0.914 bits per heavy atom. The van der Waals surface area contributed by atoms with E-state index in [1.807, 2.05) is 0 Å². The molecule has 35 heavy (non-hydrogen) atoms. The van der Waals surface area contributed by atoms with Gasteiger partial charge in [0.15, 0.2) is 0 Å². The van der Waals surface area contributed by atoms with Gasteiger partial charge in [0.05, 0.1) is 5.25 Å². The number of rotatable bonds is 12. The van der Waals surface area contributed by atoms with Crippen molar-refractivity contribution in [1.82, 2.24) is 0 Å². The van der Waals surface area contributed by atoms with E-state index in [0.29, 0.717) is 0 Å². The molecule has 0 aliphatic carbocycles. The molecule has 0 aromatic heterocycles. The van der Waals surface area contributed by atoms with Crippen LogP contribution in [0.1, 0.15) is 32.6 Å². The Labute approximate surface area is 189 Å². The Bertz CT molecular complexity index is 849. The van der Waals surface area contributed by atoms with Crippen LogP contribution < -0.4 is 0 Å². The van der Waals surface area contributed by atoms with Crippen molar-refractivity contribution in [3.05, 3.63) is 0 Å². The van der Waals surface area contributed by atoms with Crippen LogP contribution in [-0.4, -0.2) is 61.3 Å². The van der Waals surface area contributed by atoms with E-state index < -0.39 is 81.2 Å². The summed E-state index contributed by atoms with van der Waals surface area (Å²) in [5.41, 5.74) is 0. The van der Waals surface area contributed by atoms with Crippen molar-refractivity contribution >= 4 is 19.7 Å². The van der Waals surface area contributed by atoms with Crippen molar-refractivity contribution in [3.8, 4) is 0 Å². The van der Waals surface area contributed by atoms with Gasteiger partial charge in [0.2, 0.25) is 9.05 Å². The van der Waals surface area contributed by atoms with E-state index in [4.69, 9.17) is 0 Å². The van der Waals surface area contributed by atoms with Crippen LogP contribution in [0.5, 0.6) is 0 Å². The first-order valence-electron chi connectivity index (χ1n) is 8.56. The van der Waals surface area contributed by atoms with Gasteiger partial charge in [0.1, 0.15) is 0 Å². The highest BCUT2D eigenvalue weighted by molar-refractivity contribution is 8.14. The van der Waals surface area contributed by atoms with Crippen LogP contribution in [-0.2, 0) is 9.05 Å². The van der Waals surface area contributed by atoms with Crippen molar-refractivity contribution in [2.45, 2.75) is 85.5 Å². The molecule has 21 heteroatoms. The standard InChI is InChI=1S/C14H12ClF17O2S/c1-2-3-4-6(35(15,33)34)5-7(16,17)8(18,19)9(20,21)10(22,23)11(24,25)12(26,27)13(28,29)14(30,31)32/h6H,2-5H2,1H3. The lowest BCUT2D eigenvalue weighted by Gasteiger charge is -2.43. The summed E-state index contributed by atoms with van der Waals surface area (Å²) in [4.78, 5) is 0. The summed E-state index contributed by atoms with van der Waals surface area (Å²) in [5, 5.41) is -2.93. The summed E-state index contributed by atoms with van der Waals surface area (Å²) in [7, 11) is -0.695. The Kier molecular flexibility index (Phi) is 9.16. The largest absolute Gasteiger partial charge is 0.460 e. The van der Waals surface area contributed by atoms with E-state index in [1.54, 1.807) is 0 Å². The quantitative estimate of drug-likeness (QED) is 0.171. The molecule has 1 atom stereocenters. The average molecular weight is 603 g/mol. The van der Waals surface area contributed by atoms with Crippen LogP contribution in [0.3, 0.4) is 0 Å². The van der Waals surface area contributed by atoms with Gasteiger partial charge in [-0.25, -0.2) is 8.42 Å². The van der Waals surface area contributed by atoms with Crippen molar-refractivity contribution < 1.29 is 83.1 Å². The highest BCUT2D eigenvalue weighted by Gasteiger charge is 2.95. The molecule has 0 bridgehead atoms. The van der Waals surface area contributed by atoms with E-state index in [2.05, 4.69) is 10.7 Å². The van der Waals surface area contributed by atoms with Gasteiger partial charge in [-0.05, 0) is 6.42 Å². The summed E-state index contributed by atoms with van der Waals surface area (Å²) >= 11 is 0. The van der Waals surface area contributed by atoms with E-state index in [-0.39, 0.29) is 6.42 Å². The number of unbranched alkanes of at least 4 members (excludes halogenated alkanes) is 1. The monoisotopic (exact) mass is 602 g/mol. The van der Waals surface area contributed by atoms with E-state index in [0.717, 1.165) is 0 Å². The molecule has 0 radical (unpaired) electrons. The average Bonchev–Trinajstić information content (AvgIpc) is 2.62. The lowest BCUT2D eigenvalue weighted by Crippen LogP contribution is -2.74. The molecule has 0 heterocycles. The number of halogens is 18. The predicted molar refractivity (Wildman–Crippen MR) is 83.4 cm³/mol. The van der Waals surface area contributed by atoms with Gasteiger partial charge in [-0.15, -0.1) is 0 Å². The van der Waals surface area contributed by atoms with Gasteiger partial charge < -0.3 is 0 Å². The Morgan fingerprint density at radius 3 is 1.20 bits per heavy atom. The van der Waals surface area contributed by atoms with E-state index in [9.17, 15) is 83.1 Å². The molecule has 0 aliphatic rings. The summed E-state index contributed by atoms with van der Waals surface area (Å²) in [6, 6.07) is 0. The Morgan fingerprint density at radius 1 is 0.600 bits per heavy atom. The third kappa shape index (κ3) is 5.37. The van der Waals surface area contributed by atoms with Crippen LogP contribution in [0.4, 0.5) is 74.6 Å². The van der Waals surface area contributed by atoms with Crippen LogP contribution >= 0.6 is 10.7 Å². The molecule has 0 rings (SSSR count). The van der Waals surface area contributed by atoms with Crippen molar-refractivity contribution in [2.75, 3.05) is 0 Å². The molecule has 212 valence electrons. The molecule has 0 N–H and O–H groups in total. The molecule has 0 aromatic rings. The molecule has 0 amide bonds. The smallest absolute Gasteiger partial charge is 0.212 e. The third-order valence-electron chi connectivity index (χ3n) is 4.55. The highest BCUT2D eigenvalue weighted by Crippen LogP contribution is 2.64. The number of alkyl halides is 17. The minimum atomic E-state index is -8.73. The maximum atomic E-state index is 13.9. The summed E-state index contributed by atoms with van der Waals surface area (Å²) < 4.78 is 247.